The predicted octanol–water partition coefficient (Wildman–Crippen LogP) is 0.899. The Balaban J connectivity index is 4.14. The zero-order valence-electron chi connectivity index (χ0n) is 9.07. The second-order valence-corrected chi connectivity index (χ2v) is 3.38. The van der Waals surface area contributed by atoms with E-state index in [1.165, 1.54) is 11.8 Å². The Kier molecular flexibility index (Phi) is 4.97. The first-order chi connectivity index (χ1) is 6.40. The molecule has 0 aliphatic carbocycles. The maximum atomic E-state index is 11.4. The molecule has 0 aromatic heterocycles. The van der Waals surface area contributed by atoms with Gasteiger partial charge in [-0.2, -0.15) is 0 Å². The Hall–Kier alpha value is -1.26. The number of hydrogen-bond donors (Lipinski definition) is 2. The summed E-state index contributed by atoms with van der Waals surface area (Å²) < 4.78 is 0. The molecule has 0 bridgehead atoms. The zero-order valence-corrected chi connectivity index (χ0v) is 9.07. The third-order valence-electron chi connectivity index (χ3n) is 2.28. The number of nitrogens with one attached hydrogen (secondary N) is 1. The van der Waals surface area contributed by atoms with Crippen molar-refractivity contribution in [2.75, 3.05) is 7.05 Å². The van der Waals surface area contributed by atoms with Crippen LogP contribution >= 0.6 is 0 Å². The fourth-order valence-electron chi connectivity index (χ4n) is 0.823. The number of carboxylic acid groups (broad SMARTS) is 1. The molecule has 0 heterocycles. The summed E-state index contributed by atoms with van der Waals surface area (Å²) >= 11 is 0. The summed E-state index contributed by atoms with van der Waals surface area (Å²) in [6.07, 6.45) is 0.839. The van der Waals surface area contributed by atoms with Crippen molar-refractivity contribution in [3.8, 4) is 0 Å². The molecule has 2 atom stereocenters. The van der Waals surface area contributed by atoms with Gasteiger partial charge < -0.3 is 15.3 Å². The molecule has 0 saturated heterocycles. The van der Waals surface area contributed by atoms with Gasteiger partial charge in [0.2, 0.25) is 0 Å². The molecule has 5 nitrogen and oxygen atoms in total. The standard InChI is InChI=1S/C9H18N2O3/c1-5-6(2)11(4)9(14)10-7(3)8(12)13/h6-7H,5H2,1-4H3,(H,10,14)(H,12,13). The van der Waals surface area contributed by atoms with Crippen molar-refractivity contribution >= 4 is 12.0 Å². The molecule has 2 unspecified atom stereocenters. The Bertz CT molecular complexity index is 218. The third kappa shape index (κ3) is 3.64. The van der Waals surface area contributed by atoms with Crippen LogP contribution in [0.4, 0.5) is 4.79 Å². The number of carbonyl (C=O) groups excluding carboxylic acids is 1. The second-order valence-electron chi connectivity index (χ2n) is 3.38. The van der Waals surface area contributed by atoms with E-state index in [1.807, 2.05) is 13.8 Å². The van der Waals surface area contributed by atoms with Gasteiger partial charge in [-0.1, -0.05) is 6.92 Å². The Morgan fingerprint density at radius 2 is 1.93 bits per heavy atom. The van der Waals surface area contributed by atoms with E-state index >= 15 is 0 Å². The van der Waals surface area contributed by atoms with E-state index in [2.05, 4.69) is 5.32 Å². The highest BCUT2D eigenvalue weighted by Gasteiger charge is 2.18. The van der Waals surface area contributed by atoms with Crippen molar-refractivity contribution in [2.24, 2.45) is 0 Å². The summed E-state index contributed by atoms with van der Waals surface area (Å²) in [5.41, 5.74) is 0. The van der Waals surface area contributed by atoms with Crippen LogP contribution < -0.4 is 5.32 Å². The van der Waals surface area contributed by atoms with Crippen LogP contribution in [0.3, 0.4) is 0 Å². The van der Waals surface area contributed by atoms with E-state index in [4.69, 9.17) is 5.11 Å². The van der Waals surface area contributed by atoms with Crippen LogP contribution in [0.2, 0.25) is 0 Å². The monoisotopic (exact) mass is 202 g/mol. The molecule has 0 aliphatic rings. The van der Waals surface area contributed by atoms with Crippen LogP contribution in [-0.4, -0.2) is 41.1 Å². The molecular weight excluding hydrogens is 184 g/mol. The highest BCUT2D eigenvalue weighted by atomic mass is 16.4. The quantitative estimate of drug-likeness (QED) is 0.711. The number of nitrogens with zero attached hydrogens (tertiary/aromatic N) is 1. The fourth-order valence-corrected chi connectivity index (χ4v) is 0.823. The van der Waals surface area contributed by atoms with Crippen molar-refractivity contribution in [2.45, 2.75) is 39.3 Å². The van der Waals surface area contributed by atoms with Gasteiger partial charge in [0.25, 0.3) is 0 Å². The number of carboxylic acids is 1. The number of hydrogen-bond acceptors (Lipinski definition) is 2. The number of carbonyl (C=O) groups is 2. The van der Waals surface area contributed by atoms with Gasteiger partial charge in [0.05, 0.1) is 0 Å². The van der Waals surface area contributed by atoms with Gasteiger partial charge in [-0.3, -0.25) is 4.79 Å². The lowest BCUT2D eigenvalue weighted by atomic mass is 10.2. The largest absolute Gasteiger partial charge is 0.480 e. The number of urea groups is 1. The van der Waals surface area contributed by atoms with Crippen LogP contribution in [0.15, 0.2) is 0 Å². The van der Waals surface area contributed by atoms with E-state index in [1.54, 1.807) is 7.05 Å². The zero-order chi connectivity index (χ0) is 11.3. The van der Waals surface area contributed by atoms with Crippen molar-refractivity contribution in [3.05, 3.63) is 0 Å². The van der Waals surface area contributed by atoms with Gasteiger partial charge in [-0.25, -0.2) is 4.79 Å². The van der Waals surface area contributed by atoms with E-state index in [0.717, 1.165) is 6.42 Å². The SMILES string of the molecule is CCC(C)N(C)C(=O)NC(C)C(=O)O. The van der Waals surface area contributed by atoms with Crippen molar-refractivity contribution in [1.29, 1.82) is 0 Å². The number of amides is 2. The van der Waals surface area contributed by atoms with Crippen LogP contribution in [0.25, 0.3) is 0 Å². The minimum Gasteiger partial charge on any atom is -0.480 e. The van der Waals surface area contributed by atoms with Gasteiger partial charge in [0.15, 0.2) is 0 Å². The molecule has 0 saturated carbocycles. The molecule has 0 aromatic rings. The lowest BCUT2D eigenvalue weighted by Crippen LogP contribution is -2.47. The highest BCUT2D eigenvalue weighted by molar-refractivity contribution is 5.82. The molecule has 0 aromatic carbocycles. The smallest absolute Gasteiger partial charge is 0.325 e. The van der Waals surface area contributed by atoms with Gasteiger partial charge in [0, 0.05) is 13.1 Å². The molecule has 0 radical (unpaired) electrons. The van der Waals surface area contributed by atoms with E-state index in [0.29, 0.717) is 0 Å². The first-order valence-corrected chi connectivity index (χ1v) is 4.66. The molecule has 14 heavy (non-hydrogen) atoms. The summed E-state index contributed by atoms with van der Waals surface area (Å²) in [4.78, 5) is 23.4. The van der Waals surface area contributed by atoms with E-state index in [9.17, 15) is 9.59 Å². The lowest BCUT2D eigenvalue weighted by molar-refractivity contribution is -0.138. The summed E-state index contributed by atoms with van der Waals surface area (Å²) in [7, 11) is 1.65. The molecule has 82 valence electrons. The number of rotatable bonds is 4. The van der Waals surface area contributed by atoms with Gasteiger partial charge >= 0.3 is 12.0 Å². The van der Waals surface area contributed by atoms with Gasteiger partial charge in [-0.05, 0) is 20.3 Å². The Labute approximate surface area is 84.1 Å². The average molecular weight is 202 g/mol. The molecule has 0 spiro atoms. The normalized spacial score (nSPS) is 14.3. The van der Waals surface area contributed by atoms with Crippen molar-refractivity contribution in [3.63, 3.8) is 0 Å². The summed E-state index contributed by atoms with van der Waals surface area (Å²) in [5.74, 6) is -1.03. The summed E-state index contributed by atoms with van der Waals surface area (Å²) in [6, 6.07) is -1.10. The topological polar surface area (TPSA) is 69.6 Å². The predicted molar refractivity (Wildman–Crippen MR) is 53.1 cm³/mol. The molecule has 2 N–H and O–H groups in total. The maximum absolute atomic E-state index is 11.4. The molecule has 5 heteroatoms. The second kappa shape index (κ2) is 5.47. The highest BCUT2D eigenvalue weighted by Crippen LogP contribution is 2.00. The molecule has 0 aliphatic heterocycles. The molecule has 0 rings (SSSR count). The minimum absolute atomic E-state index is 0.107. The Morgan fingerprint density at radius 1 is 1.43 bits per heavy atom. The van der Waals surface area contributed by atoms with E-state index < -0.39 is 12.0 Å². The van der Waals surface area contributed by atoms with Crippen LogP contribution in [0.5, 0.6) is 0 Å². The van der Waals surface area contributed by atoms with Crippen molar-refractivity contribution in [1.82, 2.24) is 10.2 Å². The fraction of sp³-hybridized carbons (Fsp3) is 0.778. The molecular formula is C9H18N2O3. The van der Waals surface area contributed by atoms with Crippen LogP contribution in [-0.2, 0) is 4.79 Å². The lowest BCUT2D eigenvalue weighted by Gasteiger charge is -2.25. The average Bonchev–Trinajstić information content (AvgIpc) is 2.14. The minimum atomic E-state index is -1.03. The van der Waals surface area contributed by atoms with Gasteiger partial charge in [0.1, 0.15) is 6.04 Å². The molecule has 2 amide bonds. The Morgan fingerprint density at radius 3 is 2.29 bits per heavy atom. The molecule has 0 fully saturated rings. The summed E-state index contributed by atoms with van der Waals surface area (Å²) in [5, 5.41) is 11.0. The van der Waals surface area contributed by atoms with Crippen LogP contribution in [0.1, 0.15) is 27.2 Å². The first kappa shape index (κ1) is 12.7. The number of aliphatic carboxylic acids is 1. The third-order valence-corrected chi connectivity index (χ3v) is 2.28. The van der Waals surface area contributed by atoms with Crippen LogP contribution in [0, 0.1) is 0 Å². The first-order valence-electron chi connectivity index (χ1n) is 4.66. The van der Waals surface area contributed by atoms with Gasteiger partial charge in [-0.15, -0.1) is 0 Å². The van der Waals surface area contributed by atoms with Crippen molar-refractivity contribution < 1.29 is 14.7 Å². The maximum Gasteiger partial charge on any atom is 0.325 e. The van der Waals surface area contributed by atoms with E-state index in [-0.39, 0.29) is 12.1 Å². The summed E-state index contributed by atoms with van der Waals surface area (Å²) in [6.45, 7) is 5.31.